The topological polar surface area (TPSA) is 142 Å². The van der Waals surface area contributed by atoms with Crippen molar-refractivity contribution < 1.29 is 14.8 Å². The molecule has 0 bridgehead atoms. The summed E-state index contributed by atoms with van der Waals surface area (Å²) in [6.07, 6.45) is 14.5. The number of carbonyl (C=O) groups is 2. The average Bonchev–Trinajstić information content (AvgIpc) is 3.77. The van der Waals surface area contributed by atoms with Crippen molar-refractivity contribution in [1.29, 1.82) is 0 Å². The number of aryl methyl sites for hydroxylation is 1. The Morgan fingerprint density at radius 1 is 1.00 bits per heavy atom. The van der Waals surface area contributed by atoms with Gasteiger partial charge in [-0.3, -0.25) is 24.2 Å². The van der Waals surface area contributed by atoms with Crippen LogP contribution < -0.4 is 16.4 Å². The number of hydrogen-bond donors (Lipinski definition) is 3. The van der Waals surface area contributed by atoms with Crippen LogP contribution >= 0.6 is 0 Å². The second-order valence-corrected chi connectivity index (χ2v) is 13.3. The zero-order valence-electron chi connectivity index (χ0n) is 26.4. The van der Waals surface area contributed by atoms with Gasteiger partial charge in [-0.1, -0.05) is 31.7 Å². The molecule has 11 nitrogen and oxygen atoms in total. The van der Waals surface area contributed by atoms with Crippen LogP contribution in [0.2, 0.25) is 0 Å². The van der Waals surface area contributed by atoms with E-state index >= 15 is 0 Å². The molecule has 3 aliphatic rings. The standard InChI is InChI=1S/C34H45N7O4/c1-21-28-18-36-34(38-32(28)41(27-9-6-7-10-27)33(44)31(21)22(2)42)37-29-13-12-23(17-35-29)24-15-25-19-40(20-26(25)16-24)14-8-4-3-5-11-30(43)39-45/h12-13,17-18,24-27,45H,3-11,14-16,19-20H2,1-2H3,(H,39,43)(H,35,36,37,38). The smallest absolute Gasteiger partial charge is 0.263 e. The van der Waals surface area contributed by atoms with Gasteiger partial charge < -0.3 is 10.2 Å². The van der Waals surface area contributed by atoms with Gasteiger partial charge in [0.25, 0.3) is 5.56 Å². The number of unbranched alkanes of at least 4 members (excludes halogenated alkanes) is 3. The molecule has 2 saturated carbocycles. The number of nitrogens with zero attached hydrogens (tertiary/aromatic N) is 5. The third-order valence-electron chi connectivity index (χ3n) is 10.3. The largest absolute Gasteiger partial charge is 0.309 e. The molecular formula is C34H45N7O4. The highest BCUT2D eigenvalue weighted by atomic mass is 16.5. The van der Waals surface area contributed by atoms with Crippen molar-refractivity contribution in [3.05, 3.63) is 51.6 Å². The number of likely N-dealkylation sites (tertiary alicyclic amines) is 1. The molecule has 1 aliphatic heterocycles. The molecule has 2 unspecified atom stereocenters. The number of aromatic nitrogens is 4. The van der Waals surface area contributed by atoms with Crippen molar-refractivity contribution in [1.82, 2.24) is 29.9 Å². The number of Topliss-reactive ketones (excluding diaryl/α,β-unsaturated/α-hetero) is 1. The quantitative estimate of drug-likeness (QED) is 0.105. The zero-order valence-corrected chi connectivity index (χ0v) is 26.4. The van der Waals surface area contributed by atoms with E-state index in [1.165, 1.54) is 38.4 Å². The molecular weight excluding hydrogens is 570 g/mol. The summed E-state index contributed by atoms with van der Waals surface area (Å²) in [5, 5.41) is 12.6. The fourth-order valence-electron chi connectivity index (χ4n) is 8.03. The minimum Gasteiger partial charge on any atom is -0.309 e. The Morgan fingerprint density at radius 3 is 2.40 bits per heavy atom. The molecule has 3 fully saturated rings. The molecule has 11 heteroatoms. The lowest BCUT2D eigenvalue weighted by Crippen LogP contribution is -2.30. The van der Waals surface area contributed by atoms with Gasteiger partial charge in [-0.2, -0.15) is 4.98 Å². The Bertz CT molecular complexity index is 1580. The first-order chi connectivity index (χ1) is 21.8. The molecule has 1 saturated heterocycles. The number of nitrogens with one attached hydrogen (secondary N) is 2. The lowest BCUT2D eigenvalue weighted by atomic mass is 9.97. The number of pyridine rings is 2. The Hall–Kier alpha value is -3.70. The fraction of sp³-hybridized carbons (Fsp3) is 0.588. The summed E-state index contributed by atoms with van der Waals surface area (Å²) in [6, 6.07) is 4.19. The maximum atomic E-state index is 13.5. The van der Waals surface area contributed by atoms with Gasteiger partial charge in [0, 0.05) is 43.3 Å². The van der Waals surface area contributed by atoms with Crippen LogP contribution in [0.25, 0.3) is 11.0 Å². The third-order valence-corrected chi connectivity index (χ3v) is 10.3. The van der Waals surface area contributed by atoms with Crippen molar-refractivity contribution in [3.8, 4) is 0 Å². The number of rotatable bonds is 12. The van der Waals surface area contributed by atoms with E-state index in [-0.39, 0.29) is 28.9 Å². The first kappa shape index (κ1) is 31.3. The first-order valence-electron chi connectivity index (χ1n) is 16.6. The van der Waals surface area contributed by atoms with Gasteiger partial charge in [-0.15, -0.1) is 0 Å². The monoisotopic (exact) mass is 615 g/mol. The summed E-state index contributed by atoms with van der Waals surface area (Å²) in [5.74, 6) is 2.51. The summed E-state index contributed by atoms with van der Waals surface area (Å²) in [5.41, 5.74) is 4.16. The van der Waals surface area contributed by atoms with Crippen LogP contribution in [0.5, 0.6) is 0 Å². The summed E-state index contributed by atoms with van der Waals surface area (Å²) in [6.45, 7) is 6.71. The molecule has 6 rings (SSSR count). The van der Waals surface area contributed by atoms with Crippen LogP contribution in [-0.2, 0) is 4.79 Å². The summed E-state index contributed by atoms with van der Waals surface area (Å²) < 4.78 is 1.73. The van der Waals surface area contributed by atoms with E-state index in [4.69, 9.17) is 15.2 Å². The number of carbonyl (C=O) groups excluding carboxylic acids is 2. The molecule has 2 aliphatic carbocycles. The molecule has 45 heavy (non-hydrogen) atoms. The highest BCUT2D eigenvalue weighted by Gasteiger charge is 2.41. The summed E-state index contributed by atoms with van der Waals surface area (Å²) in [4.78, 5) is 53.6. The Morgan fingerprint density at radius 2 is 1.73 bits per heavy atom. The minimum absolute atomic E-state index is 0.0377. The van der Waals surface area contributed by atoms with Crippen LogP contribution in [-0.4, -0.2) is 61.0 Å². The van der Waals surface area contributed by atoms with Crippen molar-refractivity contribution >= 4 is 34.5 Å². The van der Waals surface area contributed by atoms with Gasteiger partial charge in [-0.25, -0.2) is 15.4 Å². The Labute approximate surface area is 263 Å². The Kier molecular flexibility index (Phi) is 9.56. The van der Waals surface area contributed by atoms with E-state index in [2.05, 4.69) is 21.3 Å². The van der Waals surface area contributed by atoms with Gasteiger partial charge >= 0.3 is 0 Å². The Balaban J connectivity index is 1.06. The predicted molar refractivity (Wildman–Crippen MR) is 172 cm³/mol. The van der Waals surface area contributed by atoms with Crippen LogP contribution in [0.15, 0.2) is 29.3 Å². The highest BCUT2D eigenvalue weighted by Crippen LogP contribution is 2.46. The van der Waals surface area contributed by atoms with E-state index in [9.17, 15) is 14.4 Å². The second kappa shape index (κ2) is 13.7. The van der Waals surface area contributed by atoms with Gasteiger partial charge in [-0.05, 0) is 93.9 Å². The number of amides is 1. The lowest BCUT2D eigenvalue weighted by Gasteiger charge is -2.19. The SMILES string of the molecule is CC(=O)c1c(C)c2cnc(Nc3ccc(C4CC5CN(CCCCCCC(=O)NO)CC5C4)cn3)nc2n(C2CCCC2)c1=O. The van der Waals surface area contributed by atoms with E-state index in [0.717, 1.165) is 75.1 Å². The number of hydrogen-bond acceptors (Lipinski definition) is 9. The average molecular weight is 616 g/mol. The fourth-order valence-corrected chi connectivity index (χ4v) is 8.03. The molecule has 4 heterocycles. The van der Waals surface area contributed by atoms with Crippen LogP contribution in [0.1, 0.15) is 111 Å². The second-order valence-electron chi connectivity index (χ2n) is 13.3. The molecule has 3 aromatic heterocycles. The van der Waals surface area contributed by atoms with E-state index in [1.54, 1.807) is 23.2 Å². The van der Waals surface area contributed by atoms with E-state index in [0.29, 0.717) is 35.3 Å². The number of ketones is 1. The molecule has 0 aromatic carbocycles. The molecule has 0 radical (unpaired) electrons. The van der Waals surface area contributed by atoms with Crippen molar-refractivity contribution in [2.45, 2.75) is 96.4 Å². The molecule has 2 atom stereocenters. The molecule has 1 amide bonds. The molecule has 240 valence electrons. The van der Waals surface area contributed by atoms with Crippen LogP contribution in [0.3, 0.4) is 0 Å². The number of fused-ring (bicyclic) bond motifs is 2. The van der Waals surface area contributed by atoms with Gasteiger partial charge in [0.05, 0.1) is 5.56 Å². The van der Waals surface area contributed by atoms with Crippen molar-refractivity contribution in [3.63, 3.8) is 0 Å². The van der Waals surface area contributed by atoms with E-state index in [1.807, 2.05) is 12.3 Å². The minimum atomic E-state index is -0.301. The first-order valence-corrected chi connectivity index (χ1v) is 16.6. The lowest BCUT2D eigenvalue weighted by molar-refractivity contribution is -0.129. The van der Waals surface area contributed by atoms with Gasteiger partial charge in [0.1, 0.15) is 11.5 Å². The summed E-state index contributed by atoms with van der Waals surface area (Å²) in [7, 11) is 0. The third kappa shape index (κ3) is 6.79. The highest BCUT2D eigenvalue weighted by molar-refractivity contribution is 5.99. The van der Waals surface area contributed by atoms with Crippen LogP contribution in [0.4, 0.5) is 11.8 Å². The van der Waals surface area contributed by atoms with Gasteiger partial charge in [0.15, 0.2) is 5.78 Å². The number of anilines is 2. The predicted octanol–water partition coefficient (Wildman–Crippen LogP) is 5.44. The van der Waals surface area contributed by atoms with Crippen molar-refractivity contribution in [2.24, 2.45) is 11.8 Å². The van der Waals surface area contributed by atoms with E-state index < -0.39 is 0 Å². The number of hydroxylamine groups is 1. The molecule has 3 aromatic rings. The molecule has 3 N–H and O–H groups in total. The van der Waals surface area contributed by atoms with Crippen LogP contribution in [0, 0.1) is 18.8 Å². The molecule has 0 spiro atoms. The normalized spacial score (nSPS) is 21.8. The maximum Gasteiger partial charge on any atom is 0.263 e. The van der Waals surface area contributed by atoms with Crippen molar-refractivity contribution in [2.75, 3.05) is 25.0 Å². The maximum absolute atomic E-state index is 13.5. The van der Waals surface area contributed by atoms with Gasteiger partial charge in [0.2, 0.25) is 11.9 Å². The zero-order chi connectivity index (χ0) is 31.5. The summed E-state index contributed by atoms with van der Waals surface area (Å²) >= 11 is 0.